The van der Waals surface area contributed by atoms with Crippen molar-refractivity contribution in [3.05, 3.63) is 24.5 Å². The SMILES string of the molecule is CNC(C)(CCSc1ccncc1)C(=O)OC. The Labute approximate surface area is 106 Å². The first-order chi connectivity index (χ1) is 8.12. The summed E-state index contributed by atoms with van der Waals surface area (Å²) in [4.78, 5) is 16.7. The van der Waals surface area contributed by atoms with Crippen LogP contribution >= 0.6 is 11.8 Å². The van der Waals surface area contributed by atoms with Gasteiger partial charge in [-0.3, -0.25) is 9.78 Å². The molecule has 0 amide bonds. The molecule has 1 heterocycles. The largest absolute Gasteiger partial charge is 0.468 e. The first-order valence-electron chi connectivity index (χ1n) is 5.42. The molecule has 4 nitrogen and oxygen atoms in total. The summed E-state index contributed by atoms with van der Waals surface area (Å²) in [5.41, 5.74) is -0.616. The summed E-state index contributed by atoms with van der Waals surface area (Å²) in [6.45, 7) is 1.85. The fraction of sp³-hybridized carbons (Fsp3) is 0.500. The molecule has 1 aromatic rings. The predicted octanol–water partition coefficient (Wildman–Crippen LogP) is 1.71. The molecule has 1 N–H and O–H groups in total. The highest BCUT2D eigenvalue weighted by Crippen LogP contribution is 2.21. The van der Waals surface area contributed by atoms with Gasteiger partial charge in [0, 0.05) is 23.0 Å². The third-order valence-corrected chi connectivity index (χ3v) is 3.72. The lowest BCUT2D eigenvalue weighted by Crippen LogP contribution is -2.48. The third-order valence-electron chi connectivity index (χ3n) is 2.71. The number of carbonyl (C=O) groups is 1. The first kappa shape index (κ1) is 14.0. The van der Waals surface area contributed by atoms with Crippen molar-refractivity contribution in [2.75, 3.05) is 19.9 Å². The molecular formula is C12H18N2O2S. The lowest BCUT2D eigenvalue weighted by molar-refractivity contribution is -0.147. The van der Waals surface area contributed by atoms with Crippen LogP contribution in [0.1, 0.15) is 13.3 Å². The van der Waals surface area contributed by atoms with Gasteiger partial charge in [0.05, 0.1) is 7.11 Å². The average molecular weight is 254 g/mol. The number of methoxy groups -OCH3 is 1. The Morgan fingerprint density at radius 1 is 1.53 bits per heavy atom. The highest BCUT2D eigenvalue weighted by molar-refractivity contribution is 7.99. The maximum Gasteiger partial charge on any atom is 0.325 e. The second-order valence-corrected chi connectivity index (χ2v) is 5.02. The monoisotopic (exact) mass is 254 g/mol. The topological polar surface area (TPSA) is 51.2 Å². The van der Waals surface area contributed by atoms with E-state index in [-0.39, 0.29) is 5.97 Å². The molecule has 0 saturated heterocycles. The zero-order valence-electron chi connectivity index (χ0n) is 10.4. The van der Waals surface area contributed by atoms with Gasteiger partial charge in [-0.1, -0.05) is 0 Å². The summed E-state index contributed by atoms with van der Waals surface area (Å²) in [7, 11) is 3.18. The van der Waals surface area contributed by atoms with Crippen molar-refractivity contribution in [1.82, 2.24) is 10.3 Å². The van der Waals surface area contributed by atoms with E-state index in [2.05, 4.69) is 10.3 Å². The Bertz CT molecular complexity index is 359. The van der Waals surface area contributed by atoms with E-state index in [9.17, 15) is 4.79 Å². The minimum absolute atomic E-state index is 0.227. The molecule has 0 radical (unpaired) electrons. The van der Waals surface area contributed by atoms with E-state index in [0.29, 0.717) is 6.42 Å². The van der Waals surface area contributed by atoms with Crippen LogP contribution in [-0.4, -0.2) is 36.4 Å². The predicted molar refractivity (Wildman–Crippen MR) is 69.1 cm³/mol. The third kappa shape index (κ3) is 4.02. The Hall–Kier alpha value is -1.07. The van der Waals surface area contributed by atoms with E-state index in [0.717, 1.165) is 10.6 Å². The van der Waals surface area contributed by atoms with Gasteiger partial charge in [-0.05, 0) is 32.5 Å². The molecule has 0 bridgehead atoms. The van der Waals surface area contributed by atoms with E-state index in [1.165, 1.54) is 7.11 Å². The molecule has 0 spiro atoms. The van der Waals surface area contributed by atoms with Gasteiger partial charge in [0.25, 0.3) is 0 Å². The normalized spacial score (nSPS) is 14.1. The number of aromatic nitrogens is 1. The van der Waals surface area contributed by atoms with E-state index < -0.39 is 5.54 Å². The van der Waals surface area contributed by atoms with Gasteiger partial charge < -0.3 is 10.1 Å². The standard InChI is InChI=1S/C12H18N2O2S/c1-12(13-2,11(15)16-3)6-9-17-10-4-7-14-8-5-10/h4-5,7-8,13H,6,9H2,1-3H3. The van der Waals surface area contributed by atoms with Gasteiger partial charge >= 0.3 is 5.97 Å². The lowest BCUT2D eigenvalue weighted by atomic mass is 10.00. The number of ether oxygens (including phenoxy) is 1. The highest BCUT2D eigenvalue weighted by atomic mass is 32.2. The van der Waals surface area contributed by atoms with Gasteiger partial charge in [-0.15, -0.1) is 11.8 Å². The molecule has 1 aromatic heterocycles. The van der Waals surface area contributed by atoms with Crippen LogP contribution in [0, 0.1) is 0 Å². The molecule has 1 atom stereocenters. The van der Waals surface area contributed by atoms with E-state index in [1.807, 2.05) is 19.1 Å². The Morgan fingerprint density at radius 3 is 2.71 bits per heavy atom. The number of esters is 1. The van der Waals surface area contributed by atoms with Crippen LogP contribution in [0.4, 0.5) is 0 Å². The number of hydrogen-bond donors (Lipinski definition) is 1. The molecule has 1 unspecified atom stereocenters. The smallest absolute Gasteiger partial charge is 0.325 e. The van der Waals surface area contributed by atoms with Gasteiger partial charge in [0.1, 0.15) is 5.54 Å². The molecule has 1 rings (SSSR count). The molecule has 0 saturated carbocycles. The average Bonchev–Trinajstić information content (AvgIpc) is 2.38. The van der Waals surface area contributed by atoms with Crippen LogP contribution in [0.5, 0.6) is 0 Å². The molecular weight excluding hydrogens is 236 g/mol. The second-order valence-electron chi connectivity index (χ2n) is 3.86. The number of thioether (sulfide) groups is 1. The zero-order valence-corrected chi connectivity index (χ0v) is 11.2. The fourth-order valence-corrected chi connectivity index (χ4v) is 2.42. The molecule has 5 heteroatoms. The number of hydrogen-bond acceptors (Lipinski definition) is 5. The quantitative estimate of drug-likeness (QED) is 0.619. The van der Waals surface area contributed by atoms with Gasteiger partial charge in [-0.25, -0.2) is 0 Å². The molecule has 17 heavy (non-hydrogen) atoms. The molecule has 0 aliphatic heterocycles. The summed E-state index contributed by atoms with van der Waals surface area (Å²) in [5, 5.41) is 3.02. The van der Waals surface area contributed by atoms with Crippen molar-refractivity contribution >= 4 is 17.7 Å². The lowest BCUT2D eigenvalue weighted by Gasteiger charge is -2.25. The number of nitrogens with one attached hydrogen (secondary N) is 1. The first-order valence-corrected chi connectivity index (χ1v) is 6.41. The Balaban J connectivity index is 2.46. The Kier molecular flexibility index (Phi) is 5.44. The van der Waals surface area contributed by atoms with Gasteiger partial charge in [-0.2, -0.15) is 0 Å². The number of carbonyl (C=O) groups excluding carboxylic acids is 1. The van der Waals surface area contributed by atoms with Crippen LogP contribution in [-0.2, 0) is 9.53 Å². The van der Waals surface area contributed by atoms with Crippen LogP contribution in [0.3, 0.4) is 0 Å². The summed E-state index contributed by atoms with van der Waals surface area (Å²) < 4.78 is 4.79. The van der Waals surface area contributed by atoms with Crippen molar-refractivity contribution in [3.63, 3.8) is 0 Å². The number of nitrogens with zero attached hydrogens (tertiary/aromatic N) is 1. The number of likely N-dealkylation sites (N-methyl/N-ethyl adjacent to an activating group) is 1. The van der Waals surface area contributed by atoms with Crippen molar-refractivity contribution in [3.8, 4) is 0 Å². The highest BCUT2D eigenvalue weighted by Gasteiger charge is 2.31. The summed E-state index contributed by atoms with van der Waals surface area (Å²) in [6, 6.07) is 3.92. The maximum absolute atomic E-state index is 11.6. The minimum Gasteiger partial charge on any atom is -0.468 e. The van der Waals surface area contributed by atoms with Crippen LogP contribution in [0.25, 0.3) is 0 Å². The maximum atomic E-state index is 11.6. The van der Waals surface area contributed by atoms with Gasteiger partial charge in [0.15, 0.2) is 0 Å². The number of pyridine rings is 1. The fourth-order valence-electron chi connectivity index (χ4n) is 1.36. The molecule has 0 fully saturated rings. The zero-order chi connectivity index (χ0) is 12.7. The molecule has 94 valence electrons. The van der Waals surface area contributed by atoms with E-state index in [1.54, 1.807) is 31.2 Å². The summed E-state index contributed by atoms with van der Waals surface area (Å²) in [6.07, 6.45) is 4.24. The second kappa shape index (κ2) is 6.61. The van der Waals surface area contributed by atoms with E-state index >= 15 is 0 Å². The summed E-state index contributed by atoms with van der Waals surface area (Å²) >= 11 is 1.70. The molecule has 0 aliphatic carbocycles. The van der Waals surface area contributed by atoms with Crippen molar-refractivity contribution in [1.29, 1.82) is 0 Å². The van der Waals surface area contributed by atoms with E-state index in [4.69, 9.17) is 4.74 Å². The van der Waals surface area contributed by atoms with Crippen molar-refractivity contribution in [2.45, 2.75) is 23.8 Å². The Morgan fingerprint density at radius 2 is 2.18 bits per heavy atom. The van der Waals surface area contributed by atoms with Crippen LogP contribution < -0.4 is 5.32 Å². The minimum atomic E-state index is -0.616. The van der Waals surface area contributed by atoms with Crippen molar-refractivity contribution < 1.29 is 9.53 Å². The molecule has 0 aromatic carbocycles. The number of rotatable bonds is 6. The molecule has 0 aliphatic rings. The van der Waals surface area contributed by atoms with Crippen LogP contribution in [0.15, 0.2) is 29.4 Å². The van der Waals surface area contributed by atoms with Crippen molar-refractivity contribution in [2.24, 2.45) is 0 Å². The summed E-state index contributed by atoms with van der Waals surface area (Å²) in [5.74, 6) is 0.617. The van der Waals surface area contributed by atoms with Gasteiger partial charge in [0.2, 0.25) is 0 Å². The van der Waals surface area contributed by atoms with Crippen LogP contribution in [0.2, 0.25) is 0 Å².